The maximum atomic E-state index is 11.7. The van der Waals surface area contributed by atoms with Crippen molar-refractivity contribution in [2.24, 2.45) is 0 Å². The summed E-state index contributed by atoms with van der Waals surface area (Å²) in [5.74, 6) is -0.524. The zero-order valence-corrected chi connectivity index (χ0v) is 7.95. The molecule has 0 heterocycles. The number of hydrogen-bond donors (Lipinski definition) is 0. The molecule has 2 rings (SSSR count). The van der Waals surface area contributed by atoms with Crippen molar-refractivity contribution in [3.63, 3.8) is 0 Å². The van der Waals surface area contributed by atoms with E-state index in [1.807, 2.05) is 0 Å². The summed E-state index contributed by atoms with van der Waals surface area (Å²) in [6.07, 6.45) is 0. The zero-order chi connectivity index (χ0) is 11.7. The van der Waals surface area contributed by atoms with Gasteiger partial charge < -0.3 is 5.11 Å². The Hall–Kier alpha value is -2.68. The van der Waals surface area contributed by atoms with Crippen molar-refractivity contribution in [3.05, 3.63) is 45.4 Å². The molecular weight excluding hydrogens is 210 g/mol. The second kappa shape index (κ2) is 3.47. The fraction of sp³-hybridized carbons (Fsp3) is 0. The number of non-ortho nitro benzene ring substituents is 1. The van der Waals surface area contributed by atoms with Crippen molar-refractivity contribution >= 4 is 22.1 Å². The van der Waals surface area contributed by atoms with Crippen LogP contribution in [0.1, 0.15) is 0 Å². The molecule has 6 heteroatoms. The third kappa shape index (κ3) is 1.40. The van der Waals surface area contributed by atoms with Crippen molar-refractivity contribution in [2.75, 3.05) is 0 Å². The number of nitro groups is 1. The van der Waals surface area contributed by atoms with E-state index in [0.29, 0.717) is 5.39 Å². The average Bonchev–Trinajstić information content (AvgIpc) is 2.29. The molecule has 2 aromatic carbocycles. The van der Waals surface area contributed by atoms with Gasteiger partial charge in [0.15, 0.2) is 4.98 Å². The lowest BCUT2D eigenvalue weighted by molar-refractivity contribution is -0.384. The molecule has 78 valence electrons. The lowest BCUT2D eigenvalue weighted by Gasteiger charge is -2.06. The summed E-state index contributed by atoms with van der Waals surface area (Å²) in [5, 5.41) is 31.5. The van der Waals surface area contributed by atoms with Gasteiger partial charge in [-0.1, -0.05) is 0 Å². The molecule has 0 saturated carbocycles. The van der Waals surface area contributed by atoms with E-state index in [0.717, 1.165) is 0 Å². The Bertz CT molecular complexity index is 631. The molecule has 0 amide bonds. The molecule has 0 unspecified atom stereocenters. The van der Waals surface area contributed by atoms with Crippen molar-refractivity contribution in [1.82, 2.24) is 0 Å². The molecule has 0 spiro atoms. The first-order valence-corrected chi connectivity index (χ1v) is 4.37. The minimum Gasteiger partial charge on any atom is -0.867 e. The zero-order valence-electron chi connectivity index (χ0n) is 7.95. The van der Waals surface area contributed by atoms with Gasteiger partial charge >= 0.3 is 5.69 Å². The highest BCUT2D eigenvalue weighted by atomic mass is 16.6. The van der Waals surface area contributed by atoms with E-state index in [1.54, 1.807) is 6.07 Å². The number of nitro benzene ring substituents is 1. The third-order valence-electron chi connectivity index (χ3n) is 2.25. The summed E-state index contributed by atoms with van der Waals surface area (Å²) in [6.45, 7) is 0. The SMILES string of the molecule is N#[N+]c1ccc2ccc([N+](=O)[O-])cc2c1[O-]. The van der Waals surface area contributed by atoms with Gasteiger partial charge in [-0.3, -0.25) is 10.1 Å². The Labute approximate surface area is 89.5 Å². The molecular formula is C10H5N3O3. The van der Waals surface area contributed by atoms with Crippen LogP contribution in [0.15, 0.2) is 30.3 Å². The normalized spacial score (nSPS) is 9.94. The van der Waals surface area contributed by atoms with E-state index in [2.05, 4.69) is 4.98 Å². The molecule has 0 fully saturated rings. The van der Waals surface area contributed by atoms with Gasteiger partial charge in [0.05, 0.1) is 4.92 Å². The number of diazo groups is 1. The average molecular weight is 215 g/mol. The Kier molecular flexibility index (Phi) is 2.14. The fourth-order valence-corrected chi connectivity index (χ4v) is 1.46. The van der Waals surface area contributed by atoms with Crippen LogP contribution in [0.25, 0.3) is 15.7 Å². The van der Waals surface area contributed by atoms with Crippen LogP contribution in [0.4, 0.5) is 11.4 Å². The Balaban J connectivity index is 2.80. The van der Waals surface area contributed by atoms with Gasteiger partial charge in [0, 0.05) is 18.2 Å². The number of benzene rings is 2. The number of fused-ring (bicyclic) bond motifs is 1. The van der Waals surface area contributed by atoms with Gasteiger partial charge in [-0.05, 0) is 28.7 Å². The highest BCUT2D eigenvalue weighted by molar-refractivity contribution is 5.94. The van der Waals surface area contributed by atoms with Gasteiger partial charge in [0.25, 0.3) is 5.69 Å². The van der Waals surface area contributed by atoms with Gasteiger partial charge in [0.2, 0.25) is 5.39 Å². The molecule has 0 aromatic heterocycles. The summed E-state index contributed by atoms with van der Waals surface area (Å²) >= 11 is 0. The molecule has 0 aliphatic carbocycles. The first-order chi connectivity index (χ1) is 7.63. The maximum absolute atomic E-state index is 11.7. The van der Waals surface area contributed by atoms with E-state index in [1.165, 1.54) is 24.3 Å². The smallest absolute Gasteiger partial charge is 0.378 e. The summed E-state index contributed by atoms with van der Waals surface area (Å²) in [5.41, 5.74) is -0.298. The lowest BCUT2D eigenvalue weighted by atomic mass is 10.1. The second-order valence-corrected chi connectivity index (χ2v) is 3.18. The first-order valence-electron chi connectivity index (χ1n) is 4.37. The van der Waals surface area contributed by atoms with Crippen LogP contribution < -0.4 is 5.11 Å². The Morgan fingerprint density at radius 1 is 1.25 bits per heavy atom. The predicted molar refractivity (Wildman–Crippen MR) is 54.8 cm³/mol. The van der Waals surface area contributed by atoms with E-state index in [-0.39, 0.29) is 16.8 Å². The van der Waals surface area contributed by atoms with Crippen LogP contribution in [0.2, 0.25) is 0 Å². The first kappa shape index (κ1) is 9.86. The fourth-order valence-electron chi connectivity index (χ4n) is 1.46. The molecule has 0 saturated heterocycles. The van der Waals surface area contributed by atoms with Gasteiger partial charge in [-0.25, -0.2) is 0 Å². The van der Waals surface area contributed by atoms with Crippen LogP contribution in [0.3, 0.4) is 0 Å². The van der Waals surface area contributed by atoms with Crippen LogP contribution >= 0.6 is 0 Å². The van der Waals surface area contributed by atoms with Crippen LogP contribution in [0, 0.1) is 15.5 Å². The summed E-state index contributed by atoms with van der Waals surface area (Å²) in [7, 11) is 0. The largest absolute Gasteiger partial charge is 0.867 e. The molecule has 6 nitrogen and oxygen atoms in total. The Morgan fingerprint density at radius 2 is 1.94 bits per heavy atom. The van der Waals surface area contributed by atoms with Gasteiger partial charge in [0.1, 0.15) is 0 Å². The highest BCUT2D eigenvalue weighted by Gasteiger charge is 2.12. The van der Waals surface area contributed by atoms with Crippen LogP contribution in [0.5, 0.6) is 5.75 Å². The molecule has 0 atom stereocenters. The van der Waals surface area contributed by atoms with E-state index >= 15 is 0 Å². The third-order valence-corrected chi connectivity index (χ3v) is 2.25. The summed E-state index contributed by atoms with van der Waals surface area (Å²) in [4.78, 5) is 12.8. The van der Waals surface area contributed by atoms with Crippen molar-refractivity contribution in [1.29, 1.82) is 5.39 Å². The quantitative estimate of drug-likeness (QED) is 0.414. The number of hydrogen-bond acceptors (Lipinski definition) is 4. The topological polar surface area (TPSA) is 94.3 Å². The molecule has 0 radical (unpaired) electrons. The van der Waals surface area contributed by atoms with Crippen LogP contribution in [-0.4, -0.2) is 4.92 Å². The molecule has 0 N–H and O–H groups in total. The Morgan fingerprint density at radius 3 is 2.56 bits per heavy atom. The maximum Gasteiger partial charge on any atom is 0.378 e. The highest BCUT2D eigenvalue weighted by Crippen LogP contribution is 2.34. The number of rotatable bonds is 1. The summed E-state index contributed by atoms with van der Waals surface area (Å²) in [6, 6.07) is 6.89. The second-order valence-electron chi connectivity index (χ2n) is 3.18. The van der Waals surface area contributed by atoms with Crippen molar-refractivity contribution < 1.29 is 10.0 Å². The van der Waals surface area contributed by atoms with E-state index in [4.69, 9.17) is 5.39 Å². The van der Waals surface area contributed by atoms with Gasteiger partial charge in [-0.2, -0.15) is 0 Å². The molecule has 0 aliphatic heterocycles. The van der Waals surface area contributed by atoms with E-state index < -0.39 is 10.7 Å². The summed E-state index contributed by atoms with van der Waals surface area (Å²) < 4.78 is 0. The minimum absolute atomic E-state index is 0.131. The number of nitrogens with zero attached hydrogens (tertiary/aromatic N) is 3. The van der Waals surface area contributed by atoms with Crippen molar-refractivity contribution in [3.8, 4) is 5.75 Å². The molecule has 2 aromatic rings. The molecule has 0 bridgehead atoms. The minimum atomic E-state index is -0.582. The van der Waals surface area contributed by atoms with Gasteiger partial charge in [-0.15, -0.1) is 0 Å². The predicted octanol–water partition coefficient (Wildman–Crippen LogP) is 2.31. The van der Waals surface area contributed by atoms with E-state index in [9.17, 15) is 15.2 Å². The standard InChI is InChI=1S/C10H5N3O3/c11-12-9-4-2-6-1-3-7(13(15)16)5-8(6)10(9)14/h1-5H. The van der Waals surface area contributed by atoms with Crippen LogP contribution in [-0.2, 0) is 0 Å². The monoisotopic (exact) mass is 215 g/mol. The lowest BCUT2D eigenvalue weighted by Crippen LogP contribution is -1.93. The van der Waals surface area contributed by atoms with Crippen molar-refractivity contribution in [2.45, 2.75) is 0 Å². The molecule has 16 heavy (non-hydrogen) atoms. The molecule has 0 aliphatic rings.